The first-order valence-corrected chi connectivity index (χ1v) is 8.84. The van der Waals surface area contributed by atoms with E-state index in [2.05, 4.69) is 95.8 Å². The molecule has 3 rings (SSSR count). The molecule has 0 atom stereocenters. The summed E-state index contributed by atoms with van der Waals surface area (Å²) in [4.78, 5) is 6.73. The lowest BCUT2D eigenvalue weighted by atomic mass is 10.1. The molecule has 0 aromatic heterocycles. The van der Waals surface area contributed by atoms with Gasteiger partial charge in [-0.05, 0) is 42.5 Å². The molecule has 0 aliphatic heterocycles. The van der Waals surface area contributed by atoms with E-state index in [1.807, 2.05) is 7.05 Å². The molecule has 0 fully saturated rings. The van der Waals surface area contributed by atoms with E-state index < -0.39 is 0 Å². The lowest BCUT2D eigenvalue weighted by Crippen LogP contribution is -2.36. The second kappa shape index (κ2) is 7.84. The van der Waals surface area contributed by atoms with Crippen LogP contribution in [0.1, 0.15) is 19.4 Å². The van der Waals surface area contributed by atoms with Gasteiger partial charge in [0.25, 0.3) is 0 Å². The molecule has 0 saturated carbocycles. The Hall–Kier alpha value is -2.81. The van der Waals surface area contributed by atoms with Crippen molar-refractivity contribution in [3.63, 3.8) is 0 Å². The number of rotatable bonds is 4. The Balaban J connectivity index is 1.95. The van der Waals surface area contributed by atoms with Crippen molar-refractivity contribution >= 4 is 28.1 Å². The fraction of sp³-hybridized carbons (Fsp3) is 0.227. The molecule has 128 valence electrons. The number of aryl methyl sites for hydroxylation is 1. The molecule has 1 N–H and O–H groups in total. The molecule has 3 nitrogen and oxygen atoms in total. The van der Waals surface area contributed by atoms with Crippen LogP contribution in [0.25, 0.3) is 10.8 Å². The maximum Gasteiger partial charge on any atom is 0.202 e. The van der Waals surface area contributed by atoms with Crippen LogP contribution in [0.4, 0.5) is 11.4 Å². The first kappa shape index (κ1) is 17.0. The molecule has 0 saturated heterocycles. The smallest absolute Gasteiger partial charge is 0.202 e. The monoisotopic (exact) mass is 331 g/mol. The van der Waals surface area contributed by atoms with E-state index in [4.69, 9.17) is 0 Å². The van der Waals surface area contributed by atoms with Crippen molar-refractivity contribution in [3.05, 3.63) is 72.3 Å². The summed E-state index contributed by atoms with van der Waals surface area (Å²) >= 11 is 0. The molecule has 0 radical (unpaired) electrons. The Morgan fingerprint density at radius 3 is 2.48 bits per heavy atom. The molecule has 0 unspecified atom stereocenters. The van der Waals surface area contributed by atoms with Gasteiger partial charge in [0.05, 0.1) is 0 Å². The molecule has 0 aliphatic carbocycles. The van der Waals surface area contributed by atoms with Gasteiger partial charge in [0.1, 0.15) is 0 Å². The van der Waals surface area contributed by atoms with Crippen LogP contribution in [0.3, 0.4) is 0 Å². The number of fused-ring (bicyclic) bond motifs is 1. The largest absolute Gasteiger partial charge is 0.325 e. The van der Waals surface area contributed by atoms with Crippen molar-refractivity contribution < 1.29 is 0 Å². The standard InChI is InChI=1S/C22H25N3/c1-4-17-10-8-13-19(16-17)25(5-2)22(23-3)24-21-15-9-12-18-11-6-7-14-20(18)21/h6-16H,4-5H2,1-3H3,(H,23,24). The third-order valence-corrected chi connectivity index (χ3v) is 4.45. The Bertz CT molecular complexity index is 878. The van der Waals surface area contributed by atoms with Crippen molar-refractivity contribution in [2.75, 3.05) is 23.8 Å². The molecular weight excluding hydrogens is 306 g/mol. The van der Waals surface area contributed by atoms with E-state index in [1.54, 1.807) is 0 Å². The molecule has 0 heterocycles. The Morgan fingerprint density at radius 1 is 0.960 bits per heavy atom. The molecule has 0 spiro atoms. The quantitative estimate of drug-likeness (QED) is 0.517. The number of nitrogens with zero attached hydrogens (tertiary/aromatic N) is 2. The second-order valence-electron chi connectivity index (χ2n) is 5.97. The SMILES string of the molecule is CCc1cccc(N(CC)C(=NC)Nc2cccc3ccccc23)c1. The molecule has 25 heavy (non-hydrogen) atoms. The molecule has 0 bridgehead atoms. The average Bonchev–Trinajstić information content (AvgIpc) is 2.68. The average molecular weight is 331 g/mol. The van der Waals surface area contributed by atoms with Crippen molar-refractivity contribution in [1.82, 2.24) is 0 Å². The molecule has 3 aromatic carbocycles. The highest BCUT2D eigenvalue weighted by atomic mass is 15.3. The van der Waals surface area contributed by atoms with Crippen LogP contribution in [0.2, 0.25) is 0 Å². The Morgan fingerprint density at radius 2 is 1.72 bits per heavy atom. The third kappa shape index (κ3) is 3.66. The molecule has 0 amide bonds. The predicted octanol–water partition coefficient (Wildman–Crippen LogP) is 5.33. The van der Waals surface area contributed by atoms with Crippen LogP contribution in [0, 0.1) is 0 Å². The van der Waals surface area contributed by atoms with Crippen LogP contribution in [0.5, 0.6) is 0 Å². The van der Waals surface area contributed by atoms with E-state index in [0.717, 1.165) is 30.3 Å². The lowest BCUT2D eigenvalue weighted by molar-refractivity contribution is 1.04. The molecule has 3 heteroatoms. The van der Waals surface area contributed by atoms with Gasteiger partial charge in [-0.3, -0.25) is 4.99 Å². The van der Waals surface area contributed by atoms with Crippen LogP contribution >= 0.6 is 0 Å². The summed E-state index contributed by atoms with van der Waals surface area (Å²) in [5.41, 5.74) is 3.57. The second-order valence-corrected chi connectivity index (χ2v) is 5.97. The number of hydrogen-bond acceptors (Lipinski definition) is 1. The van der Waals surface area contributed by atoms with Crippen LogP contribution < -0.4 is 10.2 Å². The summed E-state index contributed by atoms with van der Waals surface area (Å²) in [6, 6.07) is 23.4. The normalized spacial score (nSPS) is 11.6. The summed E-state index contributed by atoms with van der Waals surface area (Å²) in [6.07, 6.45) is 1.03. The minimum absolute atomic E-state index is 0.845. The predicted molar refractivity (Wildman–Crippen MR) is 110 cm³/mol. The number of aliphatic imine (C=N–C) groups is 1. The highest BCUT2D eigenvalue weighted by Gasteiger charge is 2.13. The number of hydrogen-bond donors (Lipinski definition) is 1. The summed E-state index contributed by atoms with van der Waals surface area (Å²) < 4.78 is 0. The first-order valence-electron chi connectivity index (χ1n) is 8.84. The van der Waals surface area contributed by atoms with E-state index in [-0.39, 0.29) is 0 Å². The molecular formula is C22H25N3. The Kier molecular flexibility index (Phi) is 5.34. The van der Waals surface area contributed by atoms with E-state index >= 15 is 0 Å². The van der Waals surface area contributed by atoms with E-state index in [9.17, 15) is 0 Å². The maximum absolute atomic E-state index is 4.52. The van der Waals surface area contributed by atoms with Crippen molar-refractivity contribution in [2.24, 2.45) is 4.99 Å². The zero-order valence-corrected chi connectivity index (χ0v) is 15.2. The number of benzene rings is 3. The van der Waals surface area contributed by atoms with Gasteiger partial charge in [0.2, 0.25) is 5.96 Å². The Labute approximate surface area is 150 Å². The fourth-order valence-corrected chi connectivity index (χ4v) is 3.10. The fourth-order valence-electron chi connectivity index (χ4n) is 3.10. The zero-order chi connectivity index (χ0) is 17.6. The van der Waals surface area contributed by atoms with Crippen molar-refractivity contribution in [2.45, 2.75) is 20.3 Å². The maximum atomic E-state index is 4.52. The van der Waals surface area contributed by atoms with Crippen LogP contribution in [0.15, 0.2) is 71.7 Å². The minimum Gasteiger partial charge on any atom is -0.325 e. The summed E-state index contributed by atoms with van der Waals surface area (Å²) in [7, 11) is 1.83. The van der Waals surface area contributed by atoms with Gasteiger partial charge in [-0.25, -0.2) is 0 Å². The van der Waals surface area contributed by atoms with E-state index in [0.29, 0.717) is 0 Å². The van der Waals surface area contributed by atoms with Gasteiger partial charge in [-0.15, -0.1) is 0 Å². The van der Waals surface area contributed by atoms with Gasteiger partial charge in [-0.1, -0.05) is 55.5 Å². The summed E-state index contributed by atoms with van der Waals surface area (Å²) in [5.74, 6) is 0.854. The van der Waals surface area contributed by atoms with Gasteiger partial charge in [0.15, 0.2) is 0 Å². The summed E-state index contributed by atoms with van der Waals surface area (Å²) in [6.45, 7) is 5.17. The highest BCUT2D eigenvalue weighted by Crippen LogP contribution is 2.24. The zero-order valence-electron chi connectivity index (χ0n) is 15.2. The number of guanidine groups is 1. The number of anilines is 2. The van der Waals surface area contributed by atoms with Gasteiger partial charge in [-0.2, -0.15) is 0 Å². The van der Waals surface area contributed by atoms with E-state index in [1.165, 1.54) is 16.3 Å². The van der Waals surface area contributed by atoms with Gasteiger partial charge >= 0.3 is 0 Å². The molecule has 3 aromatic rings. The van der Waals surface area contributed by atoms with Crippen LogP contribution in [-0.4, -0.2) is 19.6 Å². The minimum atomic E-state index is 0.845. The first-order chi connectivity index (χ1) is 12.3. The highest BCUT2D eigenvalue weighted by molar-refractivity contribution is 6.09. The van der Waals surface area contributed by atoms with Gasteiger partial charge in [0, 0.05) is 30.4 Å². The third-order valence-electron chi connectivity index (χ3n) is 4.45. The molecule has 0 aliphatic rings. The number of nitrogens with one attached hydrogen (secondary N) is 1. The van der Waals surface area contributed by atoms with Crippen molar-refractivity contribution in [3.8, 4) is 0 Å². The lowest BCUT2D eigenvalue weighted by Gasteiger charge is -2.26. The summed E-state index contributed by atoms with van der Waals surface area (Å²) in [5, 5.41) is 5.95. The topological polar surface area (TPSA) is 27.6 Å². The van der Waals surface area contributed by atoms with Crippen molar-refractivity contribution in [1.29, 1.82) is 0 Å². The van der Waals surface area contributed by atoms with Crippen LogP contribution in [-0.2, 0) is 6.42 Å². The van der Waals surface area contributed by atoms with Gasteiger partial charge < -0.3 is 10.2 Å².